The predicted molar refractivity (Wildman–Crippen MR) is 56.6 cm³/mol. The molecule has 0 fully saturated rings. The van der Waals surface area contributed by atoms with E-state index in [-0.39, 0.29) is 3.57 Å². The van der Waals surface area contributed by atoms with Gasteiger partial charge < -0.3 is 9.72 Å². The molecular weight excluding hydrogens is 365 g/mol. The number of aromatic amines is 1. The van der Waals surface area contributed by atoms with Gasteiger partial charge in [0, 0.05) is 6.20 Å². The van der Waals surface area contributed by atoms with E-state index in [1.165, 1.54) is 0 Å². The van der Waals surface area contributed by atoms with Crippen molar-refractivity contribution in [1.29, 1.82) is 0 Å². The average molecular weight is 367 g/mol. The number of rotatable bonds is 2. The van der Waals surface area contributed by atoms with Gasteiger partial charge in [0.2, 0.25) is 11.3 Å². The maximum atomic E-state index is 11.9. The van der Waals surface area contributed by atoms with Crippen LogP contribution in [0.4, 0.5) is 13.2 Å². The zero-order valence-corrected chi connectivity index (χ0v) is 10.1. The van der Waals surface area contributed by atoms with E-state index < -0.39 is 28.5 Å². The third kappa shape index (κ3) is 3.11. The Bertz CT molecular complexity index is 485. The van der Waals surface area contributed by atoms with Crippen LogP contribution in [0, 0.1) is 3.57 Å². The van der Waals surface area contributed by atoms with Gasteiger partial charge in [0.1, 0.15) is 5.56 Å². The van der Waals surface area contributed by atoms with E-state index in [1.807, 2.05) is 4.98 Å². The monoisotopic (exact) mass is 367 g/mol. The summed E-state index contributed by atoms with van der Waals surface area (Å²) in [5.41, 5.74) is -1.79. The zero-order chi connectivity index (χ0) is 12.5. The van der Waals surface area contributed by atoms with Crippen molar-refractivity contribution in [2.24, 2.45) is 0 Å². The van der Waals surface area contributed by atoms with Crippen LogP contribution in [-0.4, -0.2) is 16.6 Å². The lowest BCUT2D eigenvalue weighted by molar-refractivity contribution is -0.276. The van der Waals surface area contributed by atoms with Gasteiger partial charge >= 0.3 is 6.36 Å². The molecule has 0 spiro atoms. The van der Waals surface area contributed by atoms with Crippen LogP contribution in [0.25, 0.3) is 0 Å². The highest BCUT2D eigenvalue weighted by molar-refractivity contribution is 14.1. The second-order valence-corrected chi connectivity index (χ2v) is 4.00. The van der Waals surface area contributed by atoms with Crippen LogP contribution in [0.2, 0.25) is 0 Å². The van der Waals surface area contributed by atoms with E-state index in [2.05, 4.69) is 4.74 Å². The van der Waals surface area contributed by atoms with E-state index >= 15 is 0 Å². The third-order valence-electron chi connectivity index (χ3n) is 1.42. The van der Waals surface area contributed by atoms with E-state index in [9.17, 15) is 22.8 Å². The van der Waals surface area contributed by atoms with Crippen molar-refractivity contribution in [3.63, 3.8) is 0 Å². The molecule has 0 saturated heterocycles. The molecule has 0 aliphatic rings. The number of aromatic nitrogens is 1. The molecule has 1 N–H and O–H groups in total. The number of alkyl halides is 3. The summed E-state index contributed by atoms with van der Waals surface area (Å²) in [5.74, 6) is -1.02. The maximum Gasteiger partial charge on any atom is 0.574 e. The van der Waals surface area contributed by atoms with Crippen LogP contribution in [0.5, 0.6) is 5.88 Å². The Labute approximate surface area is 105 Å². The van der Waals surface area contributed by atoms with E-state index in [1.54, 1.807) is 22.6 Å². The molecule has 0 aliphatic carbocycles. The summed E-state index contributed by atoms with van der Waals surface area (Å²) in [6.45, 7) is 0. The van der Waals surface area contributed by atoms with Gasteiger partial charge in [-0.2, -0.15) is 0 Å². The number of halogens is 5. The van der Waals surface area contributed by atoms with Crippen LogP contribution in [0.1, 0.15) is 10.4 Å². The molecule has 1 rings (SSSR count). The fourth-order valence-corrected chi connectivity index (χ4v) is 1.46. The summed E-state index contributed by atoms with van der Waals surface area (Å²) in [4.78, 5) is 24.2. The number of carbonyl (C=O) groups excluding carboxylic acids is 1. The minimum atomic E-state index is -5.02. The molecule has 1 aromatic heterocycles. The summed E-state index contributed by atoms with van der Waals surface area (Å²) in [6.07, 6.45) is -4.04. The lowest BCUT2D eigenvalue weighted by atomic mass is 10.3. The SMILES string of the molecule is O=C(Cl)c1c(OC(F)(F)F)[nH]cc(I)c1=O. The topological polar surface area (TPSA) is 59.2 Å². The minimum absolute atomic E-state index is 0.0242. The van der Waals surface area contributed by atoms with Crippen LogP contribution in [0.15, 0.2) is 11.0 Å². The van der Waals surface area contributed by atoms with Gasteiger partial charge in [0.05, 0.1) is 3.57 Å². The van der Waals surface area contributed by atoms with Gasteiger partial charge in [-0.05, 0) is 34.2 Å². The van der Waals surface area contributed by atoms with Crippen molar-refractivity contribution >= 4 is 39.4 Å². The highest BCUT2D eigenvalue weighted by Gasteiger charge is 2.34. The Kier molecular flexibility index (Phi) is 3.84. The standard InChI is InChI=1S/C7H2ClF3INO3/c8-5(15)3-4(14)2(12)1-13-6(3)16-7(9,10)11/h1H,(H,13,14). The summed E-state index contributed by atoms with van der Waals surface area (Å²) < 4.78 is 39.2. The Morgan fingerprint density at radius 2 is 2.06 bits per heavy atom. The Hall–Kier alpha value is -0.770. The number of H-pyrrole nitrogens is 1. The fourth-order valence-electron chi connectivity index (χ4n) is 0.864. The molecule has 0 amide bonds. The van der Waals surface area contributed by atoms with E-state index in [0.29, 0.717) is 0 Å². The van der Waals surface area contributed by atoms with Crippen LogP contribution >= 0.6 is 34.2 Å². The molecule has 9 heteroatoms. The molecule has 4 nitrogen and oxygen atoms in total. The lowest BCUT2D eigenvalue weighted by Gasteiger charge is -2.10. The highest BCUT2D eigenvalue weighted by Crippen LogP contribution is 2.23. The molecule has 1 aromatic rings. The molecule has 0 radical (unpaired) electrons. The second-order valence-electron chi connectivity index (χ2n) is 2.49. The average Bonchev–Trinajstić information content (AvgIpc) is 2.08. The highest BCUT2D eigenvalue weighted by atomic mass is 127. The fraction of sp³-hybridized carbons (Fsp3) is 0.143. The molecular formula is C7H2ClF3INO3. The van der Waals surface area contributed by atoms with Gasteiger partial charge in [-0.1, -0.05) is 0 Å². The number of hydrogen-bond donors (Lipinski definition) is 1. The molecule has 0 atom stereocenters. The third-order valence-corrected chi connectivity index (χ3v) is 2.41. The lowest BCUT2D eigenvalue weighted by Crippen LogP contribution is -2.24. The van der Waals surface area contributed by atoms with Crippen molar-refractivity contribution in [3.05, 3.63) is 25.6 Å². The molecule has 0 aromatic carbocycles. The van der Waals surface area contributed by atoms with Crippen molar-refractivity contribution < 1.29 is 22.7 Å². The number of carbonyl (C=O) groups is 1. The quantitative estimate of drug-likeness (QED) is 0.644. The smallest absolute Gasteiger partial charge is 0.389 e. The van der Waals surface area contributed by atoms with Crippen LogP contribution in [-0.2, 0) is 0 Å². The number of ether oxygens (including phenoxy) is 1. The molecule has 1 heterocycles. The molecule has 88 valence electrons. The molecule has 0 saturated carbocycles. The van der Waals surface area contributed by atoms with Crippen molar-refractivity contribution in [1.82, 2.24) is 4.98 Å². The van der Waals surface area contributed by atoms with Crippen molar-refractivity contribution in [2.45, 2.75) is 6.36 Å². The van der Waals surface area contributed by atoms with Gasteiger partial charge in [-0.15, -0.1) is 13.2 Å². The summed E-state index contributed by atoms with van der Waals surface area (Å²) >= 11 is 6.55. The summed E-state index contributed by atoms with van der Waals surface area (Å²) in [5, 5.41) is -1.32. The Morgan fingerprint density at radius 1 is 1.50 bits per heavy atom. The number of pyridine rings is 1. The first-order valence-electron chi connectivity index (χ1n) is 3.59. The second kappa shape index (κ2) is 4.62. The van der Waals surface area contributed by atoms with E-state index in [0.717, 1.165) is 6.20 Å². The Balaban J connectivity index is 3.36. The molecule has 0 unspecified atom stereocenters. The first-order chi connectivity index (χ1) is 7.22. The van der Waals surface area contributed by atoms with Gasteiger partial charge in [-0.3, -0.25) is 9.59 Å². The van der Waals surface area contributed by atoms with Crippen LogP contribution < -0.4 is 10.2 Å². The molecule has 16 heavy (non-hydrogen) atoms. The minimum Gasteiger partial charge on any atom is -0.389 e. The number of hydrogen-bond acceptors (Lipinski definition) is 3. The largest absolute Gasteiger partial charge is 0.574 e. The molecule has 0 aliphatic heterocycles. The molecule has 0 bridgehead atoms. The zero-order valence-electron chi connectivity index (χ0n) is 7.19. The summed E-state index contributed by atoms with van der Waals surface area (Å²) in [7, 11) is 0. The maximum absolute atomic E-state index is 11.9. The predicted octanol–water partition coefficient (Wildman–Crippen LogP) is 2.26. The first kappa shape index (κ1) is 13.3. The van der Waals surface area contributed by atoms with Crippen molar-refractivity contribution in [3.8, 4) is 5.88 Å². The van der Waals surface area contributed by atoms with Gasteiger partial charge in [-0.25, -0.2) is 0 Å². The van der Waals surface area contributed by atoms with Crippen LogP contribution in [0.3, 0.4) is 0 Å². The Morgan fingerprint density at radius 3 is 2.50 bits per heavy atom. The number of nitrogens with one attached hydrogen (secondary N) is 1. The normalized spacial score (nSPS) is 11.3. The van der Waals surface area contributed by atoms with E-state index in [4.69, 9.17) is 11.6 Å². The van der Waals surface area contributed by atoms with Crippen molar-refractivity contribution in [2.75, 3.05) is 0 Å². The van der Waals surface area contributed by atoms with Gasteiger partial charge in [0.25, 0.3) is 5.24 Å². The first-order valence-corrected chi connectivity index (χ1v) is 5.05. The summed E-state index contributed by atoms with van der Waals surface area (Å²) in [6, 6.07) is 0. The van der Waals surface area contributed by atoms with Gasteiger partial charge in [0.15, 0.2) is 0 Å².